The molecule has 2 aromatic heterocycles. The van der Waals surface area contributed by atoms with Crippen LogP contribution in [0.1, 0.15) is 5.56 Å². The van der Waals surface area contributed by atoms with Crippen molar-refractivity contribution < 1.29 is 0 Å². The van der Waals surface area contributed by atoms with Gasteiger partial charge in [0.2, 0.25) is 0 Å². The van der Waals surface area contributed by atoms with Crippen molar-refractivity contribution in [2.75, 3.05) is 5.33 Å². The summed E-state index contributed by atoms with van der Waals surface area (Å²) in [6.45, 7) is 0. The average Bonchev–Trinajstić information content (AvgIpc) is 2.50. The summed E-state index contributed by atoms with van der Waals surface area (Å²) >= 11 is 3.42. The Hall–Kier alpha value is -0.830. The maximum atomic E-state index is 4.23. The second-order valence-corrected chi connectivity index (χ2v) is 3.43. The predicted molar refractivity (Wildman–Crippen MR) is 52.7 cm³/mol. The van der Waals surface area contributed by atoms with Crippen molar-refractivity contribution >= 4 is 21.4 Å². The van der Waals surface area contributed by atoms with Gasteiger partial charge < -0.3 is 0 Å². The lowest BCUT2D eigenvalue weighted by molar-refractivity contribution is 0.961. The molecule has 3 heteroatoms. The minimum atomic E-state index is 0.989. The van der Waals surface area contributed by atoms with Gasteiger partial charge in [-0.1, -0.05) is 22.0 Å². The van der Waals surface area contributed by atoms with Crippen LogP contribution in [0.5, 0.6) is 0 Å². The molecule has 0 amide bonds. The zero-order valence-corrected chi connectivity index (χ0v) is 8.16. The van der Waals surface area contributed by atoms with E-state index in [1.54, 1.807) is 0 Å². The number of alkyl halides is 1. The summed E-state index contributed by atoms with van der Waals surface area (Å²) in [5.41, 5.74) is 2.50. The topological polar surface area (TPSA) is 17.3 Å². The first-order valence-electron chi connectivity index (χ1n) is 3.89. The fourth-order valence-corrected chi connectivity index (χ4v) is 1.71. The van der Waals surface area contributed by atoms with Gasteiger partial charge in [-0.05, 0) is 24.1 Å². The van der Waals surface area contributed by atoms with Crippen LogP contribution in [0, 0.1) is 0 Å². The van der Waals surface area contributed by atoms with E-state index >= 15 is 0 Å². The number of aryl methyl sites for hydroxylation is 1. The minimum Gasteiger partial charge on any atom is -0.241 e. The van der Waals surface area contributed by atoms with Crippen molar-refractivity contribution in [2.24, 2.45) is 0 Å². The summed E-state index contributed by atoms with van der Waals surface area (Å²) in [7, 11) is 0. The standard InChI is InChI=1S/C9H9BrN2/c10-5-4-8-7-11-12-6-2-1-3-9(8)12/h1-3,6-7H,4-5H2. The van der Waals surface area contributed by atoms with Gasteiger partial charge in [-0.2, -0.15) is 5.10 Å². The van der Waals surface area contributed by atoms with Crippen molar-refractivity contribution in [3.63, 3.8) is 0 Å². The van der Waals surface area contributed by atoms with E-state index in [2.05, 4.69) is 27.1 Å². The Morgan fingerprint density at radius 2 is 2.33 bits per heavy atom. The number of hydrogen-bond acceptors (Lipinski definition) is 1. The Labute approximate surface area is 79.3 Å². The van der Waals surface area contributed by atoms with Gasteiger partial charge in [-0.3, -0.25) is 0 Å². The molecule has 0 aromatic carbocycles. The zero-order chi connectivity index (χ0) is 8.39. The largest absolute Gasteiger partial charge is 0.241 e. The molecule has 2 heterocycles. The Morgan fingerprint density at radius 1 is 1.42 bits per heavy atom. The molecule has 0 bridgehead atoms. The number of fused-ring (bicyclic) bond motifs is 1. The fourth-order valence-electron chi connectivity index (χ4n) is 1.28. The lowest BCUT2D eigenvalue weighted by atomic mass is 10.2. The SMILES string of the molecule is BrCCc1cnn2ccccc12. The summed E-state index contributed by atoms with van der Waals surface area (Å²) < 4.78 is 1.90. The van der Waals surface area contributed by atoms with Crippen LogP contribution in [-0.4, -0.2) is 14.9 Å². The molecule has 0 radical (unpaired) electrons. The van der Waals surface area contributed by atoms with Crippen LogP contribution in [-0.2, 0) is 6.42 Å². The molecule has 0 fully saturated rings. The van der Waals surface area contributed by atoms with Gasteiger partial charge in [-0.15, -0.1) is 0 Å². The molecule has 2 aromatic rings. The van der Waals surface area contributed by atoms with Crippen LogP contribution >= 0.6 is 15.9 Å². The van der Waals surface area contributed by atoms with Gasteiger partial charge in [0, 0.05) is 11.5 Å². The molecule has 0 atom stereocenters. The average molecular weight is 225 g/mol. The van der Waals surface area contributed by atoms with E-state index in [1.165, 1.54) is 11.1 Å². The van der Waals surface area contributed by atoms with E-state index in [0.717, 1.165) is 11.8 Å². The maximum Gasteiger partial charge on any atom is 0.0693 e. The van der Waals surface area contributed by atoms with Crippen molar-refractivity contribution in [3.8, 4) is 0 Å². The molecule has 0 aliphatic carbocycles. The number of aromatic nitrogens is 2. The fraction of sp³-hybridized carbons (Fsp3) is 0.222. The Balaban J connectivity index is 2.55. The molecular weight excluding hydrogens is 216 g/mol. The van der Waals surface area contributed by atoms with E-state index in [9.17, 15) is 0 Å². The van der Waals surface area contributed by atoms with Crippen molar-refractivity contribution in [1.82, 2.24) is 9.61 Å². The van der Waals surface area contributed by atoms with Crippen LogP contribution in [0.3, 0.4) is 0 Å². The molecule has 0 N–H and O–H groups in total. The van der Waals surface area contributed by atoms with E-state index in [-0.39, 0.29) is 0 Å². The normalized spacial score (nSPS) is 10.8. The summed E-state index contributed by atoms with van der Waals surface area (Å²) in [5, 5.41) is 5.22. The Morgan fingerprint density at radius 3 is 3.17 bits per heavy atom. The second-order valence-electron chi connectivity index (χ2n) is 2.64. The van der Waals surface area contributed by atoms with Crippen LogP contribution in [0.25, 0.3) is 5.52 Å². The summed E-state index contributed by atoms with van der Waals surface area (Å²) in [5.74, 6) is 0. The van der Waals surface area contributed by atoms with Gasteiger partial charge in [-0.25, -0.2) is 4.52 Å². The lowest BCUT2D eigenvalue weighted by Crippen LogP contribution is -1.86. The number of halogens is 1. The molecule has 0 aliphatic rings. The first kappa shape index (κ1) is 7.80. The highest BCUT2D eigenvalue weighted by molar-refractivity contribution is 9.09. The van der Waals surface area contributed by atoms with Gasteiger partial charge in [0.05, 0.1) is 11.7 Å². The van der Waals surface area contributed by atoms with Crippen LogP contribution < -0.4 is 0 Å². The molecule has 0 spiro atoms. The molecule has 62 valence electrons. The van der Waals surface area contributed by atoms with Gasteiger partial charge in [0.15, 0.2) is 0 Å². The van der Waals surface area contributed by atoms with E-state index in [4.69, 9.17) is 0 Å². The van der Waals surface area contributed by atoms with E-state index < -0.39 is 0 Å². The van der Waals surface area contributed by atoms with Crippen molar-refractivity contribution in [2.45, 2.75) is 6.42 Å². The highest BCUT2D eigenvalue weighted by atomic mass is 79.9. The molecule has 0 unspecified atom stereocenters. The molecule has 0 saturated heterocycles. The van der Waals surface area contributed by atoms with Gasteiger partial charge >= 0.3 is 0 Å². The lowest BCUT2D eigenvalue weighted by Gasteiger charge is -1.93. The number of rotatable bonds is 2. The first-order chi connectivity index (χ1) is 5.92. The number of pyridine rings is 1. The Bertz CT molecular complexity index is 381. The molecule has 2 nitrogen and oxygen atoms in total. The molecule has 0 saturated carbocycles. The molecular formula is C9H9BrN2. The van der Waals surface area contributed by atoms with E-state index in [0.29, 0.717) is 0 Å². The third-order valence-corrected chi connectivity index (χ3v) is 2.27. The zero-order valence-electron chi connectivity index (χ0n) is 6.57. The minimum absolute atomic E-state index is 0.989. The van der Waals surface area contributed by atoms with Crippen LogP contribution in [0.15, 0.2) is 30.6 Å². The Kier molecular flexibility index (Phi) is 2.13. The molecule has 2 rings (SSSR count). The third-order valence-electron chi connectivity index (χ3n) is 1.87. The number of hydrogen-bond donors (Lipinski definition) is 0. The molecule has 12 heavy (non-hydrogen) atoms. The molecule has 0 aliphatic heterocycles. The first-order valence-corrected chi connectivity index (χ1v) is 5.01. The van der Waals surface area contributed by atoms with Crippen LogP contribution in [0.4, 0.5) is 0 Å². The smallest absolute Gasteiger partial charge is 0.0693 e. The predicted octanol–water partition coefficient (Wildman–Crippen LogP) is 2.27. The highest BCUT2D eigenvalue weighted by Gasteiger charge is 2.00. The van der Waals surface area contributed by atoms with Crippen molar-refractivity contribution in [1.29, 1.82) is 0 Å². The highest BCUT2D eigenvalue weighted by Crippen LogP contribution is 2.10. The van der Waals surface area contributed by atoms with Gasteiger partial charge in [0.25, 0.3) is 0 Å². The maximum absolute atomic E-state index is 4.23. The van der Waals surface area contributed by atoms with E-state index in [1.807, 2.05) is 29.0 Å². The number of nitrogens with zero attached hydrogens (tertiary/aromatic N) is 2. The second kappa shape index (κ2) is 3.27. The summed E-state index contributed by atoms with van der Waals surface area (Å²) in [6.07, 6.45) is 4.93. The van der Waals surface area contributed by atoms with Gasteiger partial charge in [0.1, 0.15) is 0 Å². The van der Waals surface area contributed by atoms with Crippen molar-refractivity contribution in [3.05, 3.63) is 36.2 Å². The monoisotopic (exact) mass is 224 g/mol. The van der Waals surface area contributed by atoms with Crippen LogP contribution in [0.2, 0.25) is 0 Å². The summed E-state index contributed by atoms with van der Waals surface area (Å²) in [4.78, 5) is 0. The summed E-state index contributed by atoms with van der Waals surface area (Å²) in [6, 6.07) is 6.11. The third kappa shape index (κ3) is 1.25. The quantitative estimate of drug-likeness (QED) is 0.716.